The Hall–Kier alpha value is -1.26. The van der Waals surface area contributed by atoms with Gasteiger partial charge < -0.3 is 14.9 Å². The quantitative estimate of drug-likeness (QED) is 0.814. The third kappa shape index (κ3) is 4.35. The van der Waals surface area contributed by atoms with Crippen LogP contribution in [0.25, 0.3) is 0 Å². The summed E-state index contributed by atoms with van der Waals surface area (Å²) in [6, 6.07) is 0.234. The molecule has 0 aromatic rings. The number of carbonyl (C=O) groups is 2. The lowest BCUT2D eigenvalue weighted by molar-refractivity contribution is -0.138. The van der Waals surface area contributed by atoms with Crippen LogP contribution >= 0.6 is 0 Å². The van der Waals surface area contributed by atoms with E-state index in [4.69, 9.17) is 5.11 Å². The molecular weight excluding hydrogens is 268 g/mol. The van der Waals surface area contributed by atoms with Crippen molar-refractivity contribution in [2.24, 2.45) is 0 Å². The summed E-state index contributed by atoms with van der Waals surface area (Å²) < 4.78 is 0. The molecule has 0 aromatic heterocycles. The molecule has 120 valence electrons. The van der Waals surface area contributed by atoms with E-state index in [9.17, 15) is 9.59 Å². The van der Waals surface area contributed by atoms with Gasteiger partial charge in [-0.25, -0.2) is 4.79 Å². The standard InChI is InChI=1S/C16H28N2O3/c1-17(13-8-4-2-3-5-9-13)16(21)18-11-7-6-10-14(18)12-15(19)20/h13-14H,2-12H2,1H3,(H,19,20). The molecule has 5 nitrogen and oxygen atoms in total. The van der Waals surface area contributed by atoms with Crippen molar-refractivity contribution in [3.8, 4) is 0 Å². The number of amides is 2. The number of carbonyl (C=O) groups excluding carboxylic acids is 1. The molecule has 1 saturated carbocycles. The monoisotopic (exact) mass is 296 g/mol. The fourth-order valence-corrected chi connectivity index (χ4v) is 3.67. The molecule has 1 N–H and O–H groups in total. The molecule has 0 radical (unpaired) electrons. The molecule has 1 aliphatic carbocycles. The maximum atomic E-state index is 12.8. The fourth-order valence-electron chi connectivity index (χ4n) is 3.67. The van der Waals surface area contributed by atoms with E-state index < -0.39 is 5.97 Å². The zero-order valence-corrected chi connectivity index (χ0v) is 13.1. The van der Waals surface area contributed by atoms with Gasteiger partial charge in [-0.15, -0.1) is 0 Å². The first kappa shape index (κ1) is 16.1. The molecular formula is C16H28N2O3. The SMILES string of the molecule is CN(C(=O)N1CCCCC1CC(=O)O)C1CCCCCC1. The zero-order chi connectivity index (χ0) is 15.2. The van der Waals surface area contributed by atoms with Crippen molar-refractivity contribution in [1.29, 1.82) is 0 Å². The minimum Gasteiger partial charge on any atom is -0.481 e. The predicted octanol–water partition coefficient (Wildman–Crippen LogP) is 3.09. The highest BCUT2D eigenvalue weighted by Gasteiger charge is 2.32. The van der Waals surface area contributed by atoms with Gasteiger partial charge in [-0.1, -0.05) is 25.7 Å². The average molecular weight is 296 g/mol. The van der Waals surface area contributed by atoms with E-state index in [1.165, 1.54) is 25.7 Å². The van der Waals surface area contributed by atoms with Gasteiger partial charge in [0.15, 0.2) is 0 Å². The third-order valence-electron chi connectivity index (χ3n) is 4.96. The number of hydrogen-bond donors (Lipinski definition) is 1. The van der Waals surface area contributed by atoms with Crippen molar-refractivity contribution in [2.45, 2.75) is 76.3 Å². The molecule has 2 aliphatic rings. The molecule has 1 atom stereocenters. The van der Waals surface area contributed by atoms with Crippen molar-refractivity contribution in [3.63, 3.8) is 0 Å². The van der Waals surface area contributed by atoms with E-state index in [2.05, 4.69) is 0 Å². The van der Waals surface area contributed by atoms with Gasteiger partial charge in [0.2, 0.25) is 0 Å². The molecule has 0 bridgehead atoms. The van der Waals surface area contributed by atoms with Crippen molar-refractivity contribution in [3.05, 3.63) is 0 Å². The van der Waals surface area contributed by atoms with E-state index >= 15 is 0 Å². The van der Waals surface area contributed by atoms with Gasteiger partial charge in [0.25, 0.3) is 0 Å². The van der Waals surface area contributed by atoms with Crippen LogP contribution in [0.5, 0.6) is 0 Å². The number of rotatable bonds is 3. The first-order chi connectivity index (χ1) is 10.1. The van der Waals surface area contributed by atoms with Crippen molar-refractivity contribution >= 4 is 12.0 Å². The van der Waals surface area contributed by atoms with Crippen LogP contribution in [0.2, 0.25) is 0 Å². The topological polar surface area (TPSA) is 60.9 Å². The summed E-state index contributed by atoms with van der Waals surface area (Å²) in [6.45, 7) is 0.702. The maximum absolute atomic E-state index is 12.8. The summed E-state index contributed by atoms with van der Waals surface area (Å²) in [6.07, 6.45) is 9.99. The molecule has 5 heteroatoms. The van der Waals surface area contributed by atoms with Crippen LogP contribution < -0.4 is 0 Å². The number of likely N-dealkylation sites (tertiary alicyclic amines) is 1. The van der Waals surface area contributed by atoms with Crippen LogP contribution in [-0.2, 0) is 4.79 Å². The molecule has 0 spiro atoms. The number of nitrogens with zero attached hydrogens (tertiary/aromatic N) is 2. The molecule has 1 saturated heterocycles. The number of carboxylic acid groups (broad SMARTS) is 1. The minimum absolute atomic E-state index is 0.0350. The number of hydrogen-bond acceptors (Lipinski definition) is 2. The Morgan fingerprint density at radius 2 is 1.67 bits per heavy atom. The van der Waals surface area contributed by atoms with Gasteiger partial charge >= 0.3 is 12.0 Å². The van der Waals surface area contributed by atoms with Crippen LogP contribution in [0.3, 0.4) is 0 Å². The Morgan fingerprint density at radius 1 is 1.05 bits per heavy atom. The maximum Gasteiger partial charge on any atom is 0.320 e. The molecule has 2 fully saturated rings. The van der Waals surface area contributed by atoms with Gasteiger partial charge in [-0.05, 0) is 32.1 Å². The van der Waals surface area contributed by atoms with E-state index in [0.717, 1.165) is 32.1 Å². The van der Waals surface area contributed by atoms with Gasteiger partial charge in [-0.2, -0.15) is 0 Å². The van der Waals surface area contributed by atoms with Crippen LogP contribution in [0.1, 0.15) is 64.2 Å². The van der Waals surface area contributed by atoms with E-state index in [1.54, 1.807) is 0 Å². The molecule has 21 heavy (non-hydrogen) atoms. The van der Waals surface area contributed by atoms with Gasteiger partial charge in [-0.3, -0.25) is 4.79 Å². The molecule has 1 unspecified atom stereocenters. The first-order valence-corrected chi connectivity index (χ1v) is 8.35. The minimum atomic E-state index is -0.809. The Morgan fingerprint density at radius 3 is 2.29 bits per heavy atom. The van der Waals surface area contributed by atoms with Crippen molar-refractivity contribution in [1.82, 2.24) is 9.80 Å². The van der Waals surface area contributed by atoms with E-state index in [-0.39, 0.29) is 18.5 Å². The zero-order valence-electron chi connectivity index (χ0n) is 13.1. The van der Waals surface area contributed by atoms with Crippen molar-refractivity contribution in [2.75, 3.05) is 13.6 Å². The highest BCUT2D eigenvalue weighted by Crippen LogP contribution is 2.25. The van der Waals surface area contributed by atoms with Crippen LogP contribution in [0, 0.1) is 0 Å². The van der Waals surface area contributed by atoms with Crippen LogP contribution in [0.4, 0.5) is 4.79 Å². The Kier molecular flexibility index (Phi) is 5.88. The lowest BCUT2D eigenvalue weighted by Crippen LogP contribution is -2.52. The molecule has 1 aliphatic heterocycles. The lowest BCUT2D eigenvalue weighted by Gasteiger charge is -2.39. The number of carboxylic acids is 1. The second-order valence-corrected chi connectivity index (χ2v) is 6.48. The number of aliphatic carboxylic acids is 1. The summed E-state index contributed by atoms with van der Waals surface area (Å²) in [5, 5.41) is 9.04. The first-order valence-electron chi connectivity index (χ1n) is 8.35. The summed E-state index contributed by atoms with van der Waals surface area (Å²) in [5.74, 6) is -0.809. The Bertz CT molecular complexity index is 365. The molecule has 2 amide bonds. The van der Waals surface area contributed by atoms with E-state index in [0.29, 0.717) is 12.6 Å². The molecule has 1 heterocycles. The third-order valence-corrected chi connectivity index (χ3v) is 4.96. The summed E-state index contributed by atoms with van der Waals surface area (Å²) >= 11 is 0. The van der Waals surface area contributed by atoms with Crippen LogP contribution in [0.15, 0.2) is 0 Å². The largest absolute Gasteiger partial charge is 0.481 e. The lowest BCUT2D eigenvalue weighted by atomic mass is 9.99. The highest BCUT2D eigenvalue weighted by atomic mass is 16.4. The predicted molar refractivity (Wildman–Crippen MR) is 81.2 cm³/mol. The van der Waals surface area contributed by atoms with E-state index in [1.807, 2.05) is 16.8 Å². The summed E-state index contributed by atoms with van der Waals surface area (Å²) in [4.78, 5) is 27.4. The van der Waals surface area contributed by atoms with Crippen molar-refractivity contribution < 1.29 is 14.7 Å². The molecule has 0 aromatic carbocycles. The summed E-state index contributed by atoms with van der Waals surface area (Å²) in [5.41, 5.74) is 0. The van der Waals surface area contributed by atoms with Gasteiger partial charge in [0, 0.05) is 25.7 Å². The Balaban J connectivity index is 1.99. The van der Waals surface area contributed by atoms with Gasteiger partial charge in [0.05, 0.1) is 6.42 Å². The Labute approximate surface area is 127 Å². The smallest absolute Gasteiger partial charge is 0.320 e. The highest BCUT2D eigenvalue weighted by molar-refractivity contribution is 5.76. The normalized spacial score (nSPS) is 24.4. The number of urea groups is 1. The second kappa shape index (κ2) is 7.66. The van der Waals surface area contributed by atoms with Gasteiger partial charge in [0.1, 0.15) is 0 Å². The molecule has 2 rings (SSSR count). The summed E-state index contributed by atoms with van der Waals surface area (Å²) in [7, 11) is 1.89. The average Bonchev–Trinajstić information content (AvgIpc) is 2.75. The second-order valence-electron chi connectivity index (χ2n) is 6.48. The van der Waals surface area contributed by atoms with Crippen LogP contribution in [-0.4, -0.2) is 52.6 Å². The number of piperidine rings is 1. The fraction of sp³-hybridized carbons (Fsp3) is 0.875.